The van der Waals surface area contributed by atoms with Gasteiger partial charge in [0.1, 0.15) is 5.75 Å². The normalized spacial score (nSPS) is 14.5. The van der Waals surface area contributed by atoms with Crippen molar-refractivity contribution in [3.8, 4) is 5.75 Å². The quantitative estimate of drug-likeness (QED) is 0.852. The van der Waals surface area contributed by atoms with Crippen LogP contribution in [-0.4, -0.2) is 23.0 Å². The van der Waals surface area contributed by atoms with Crippen molar-refractivity contribution in [1.82, 2.24) is 9.88 Å². The van der Waals surface area contributed by atoms with Crippen LogP contribution in [0.25, 0.3) is 0 Å². The summed E-state index contributed by atoms with van der Waals surface area (Å²) in [5, 5.41) is 0.692. The molecule has 0 atom stereocenters. The van der Waals surface area contributed by atoms with Crippen LogP contribution in [0.5, 0.6) is 5.75 Å². The molecular formula is C14H17N3OS. The van der Waals surface area contributed by atoms with Gasteiger partial charge in [-0.05, 0) is 18.6 Å². The van der Waals surface area contributed by atoms with Crippen molar-refractivity contribution in [3.63, 3.8) is 0 Å². The second-order valence-corrected chi connectivity index (χ2v) is 5.76. The Kier molecular flexibility index (Phi) is 3.66. The van der Waals surface area contributed by atoms with Crippen LogP contribution in [-0.2, 0) is 13.1 Å². The van der Waals surface area contributed by atoms with Crippen LogP contribution in [0.1, 0.15) is 17.0 Å². The van der Waals surface area contributed by atoms with E-state index >= 15 is 0 Å². The molecule has 2 N–H and O–H groups in total. The van der Waals surface area contributed by atoms with Gasteiger partial charge in [-0.3, -0.25) is 4.90 Å². The summed E-state index contributed by atoms with van der Waals surface area (Å²) in [7, 11) is 0. The molecule has 1 aliphatic rings. The summed E-state index contributed by atoms with van der Waals surface area (Å²) < 4.78 is 5.68. The summed E-state index contributed by atoms with van der Waals surface area (Å²) in [5.41, 5.74) is 6.85. The van der Waals surface area contributed by atoms with Crippen molar-refractivity contribution in [3.05, 3.63) is 40.9 Å². The highest BCUT2D eigenvalue weighted by molar-refractivity contribution is 7.15. The number of para-hydroxylation sites is 1. The van der Waals surface area contributed by atoms with Crippen molar-refractivity contribution in [1.29, 1.82) is 0 Å². The van der Waals surface area contributed by atoms with E-state index in [4.69, 9.17) is 10.5 Å². The molecule has 100 valence electrons. The molecular weight excluding hydrogens is 258 g/mol. The van der Waals surface area contributed by atoms with Gasteiger partial charge in [-0.25, -0.2) is 4.98 Å². The predicted octanol–water partition coefficient (Wildman–Crippen LogP) is 2.51. The van der Waals surface area contributed by atoms with Gasteiger partial charge in [0.05, 0.1) is 12.3 Å². The molecule has 2 aromatic rings. The smallest absolute Gasteiger partial charge is 0.180 e. The van der Waals surface area contributed by atoms with Crippen LogP contribution in [0.2, 0.25) is 0 Å². The maximum Gasteiger partial charge on any atom is 0.180 e. The number of rotatable bonds is 5. The summed E-state index contributed by atoms with van der Waals surface area (Å²) in [5.74, 6) is 0.942. The number of hydrogen-bond acceptors (Lipinski definition) is 5. The van der Waals surface area contributed by atoms with E-state index in [-0.39, 0.29) is 0 Å². The summed E-state index contributed by atoms with van der Waals surface area (Å²) in [6.45, 7) is 3.70. The Morgan fingerprint density at radius 3 is 2.89 bits per heavy atom. The van der Waals surface area contributed by atoms with Crippen LogP contribution in [0.15, 0.2) is 30.3 Å². The van der Waals surface area contributed by atoms with Crippen molar-refractivity contribution in [2.45, 2.75) is 19.5 Å². The number of ether oxygens (including phenoxy) is 1. The average molecular weight is 275 g/mol. The van der Waals surface area contributed by atoms with E-state index in [1.165, 1.54) is 4.88 Å². The maximum absolute atomic E-state index is 5.69. The van der Waals surface area contributed by atoms with Gasteiger partial charge >= 0.3 is 0 Å². The van der Waals surface area contributed by atoms with E-state index in [0.717, 1.165) is 44.1 Å². The van der Waals surface area contributed by atoms with Crippen LogP contribution < -0.4 is 10.5 Å². The standard InChI is InChI=1S/C14H17N3OS/c15-14-16-12-9-17(10-13(12)19-14)7-4-8-18-11-5-2-1-3-6-11/h1-3,5-6H,4,7-10H2,(H2,15,16). The van der Waals surface area contributed by atoms with E-state index in [9.17, 15) is 0 Å². The third-order valence-corrected chi connectivity index (χ3v) is 4.08. The molecule has 3 rings (SSSR count). The lowest BCUT2D eigenvalue weighted by atomic mass is 10.3. The van der Waals surface area contributed by atoms with E-state index in [2.05, 4.69) is 9.88 Å². The Morgan fingerprint density at radius 1 is 1.26 bits per heavy atom. The molecule has 0 aliphatic carbocycles. The number of nitrogen functional groups attached to an aromatic ring is 1. The molecule has 0 spiro atoms. The molecule has 0 radical (unpaired) electrons. The first-order chi connectivity index (χ1) is 9.31. The molecule has 1 aromatic heterocycles. The monoisotopic (exact) mass is 275 g/mol. The second kappa shape index (κ2) is 5.59. The molecule has 0 unspecified atom stereocenters. The summed E-state index contributed by atoms with van der Waals surface area (Å²) in [4.78, 5) is 8.05. The Hall–Kier alpha value is -1.59. The van der Waals surface area contributed by atoms with Gasteiger partial charge in [-0.2, -0.15) is 0 Å². The van der Waals surface area contributed by atoms with Gasteiger partial charge in [0.2, 0.25) is 0 Å². The molecule has 0 saturated carbocycles. The number of aromatic nitrogens is 1. The lowest BCUT2D eigenvalue weighted by Gasteiger charge is -2.14. The Labute approximate surface area is 116 Å². The number of benzene rings is 1. The minimum atomic E-state index is 0.692. The number of anilines is 1. The third-order valence-electron chi connectivity index (χ3n) is 3.17. The van der Waals surface area contributed by atoms with E-state index in [0.29, 0.717) is 5.13 Å². The highest BCUT2D eigenvalue weighted by atomic mass is 32.1. The van der Waals surface area contributed by atoms with Crippen LogP contribution in [0.4, 0.5) is 5.13 Å². The summed E-state index contributed by atoms with van der Waals surface area (Å²) in [6, 6.07) is 9.95. The van der Waals surface area contributed by atoms with Crippen molar-refractivity contribution < 1.29 is 4.74 Å². The molecule has 19 heavy (non-hydrogen) atoms. The highest BCUT2D eigenvalue weighted by Crippen LogP contribution is 2.29. The van der Waals surface area contributed by atoms with Crippen LogP contribution >= 0.6 is 11.3 Å². The lowest BCUT2D eigenvalue weighted by molar-refractivity contribution is 0.237. The van der Waals surface area contributed by atoms with Gasteiger partial charge in [-0.15, -0.1) is 11.3 Å². The first kappa shape index (κ1) is 12.4. The fourth-order valence-electron chi connectivity index (χ4n) is 2.27. The fraction of sp³-hybridized carbons (Fsp3) is 0.357. The molecule has 1 aliphatic heterocycles. The van der Waals surface area contributed by atoms with Crippen LogP contribution in [0.3, 0.4) is 0 Å². The number of nitrogens with two attached hydrogens (primary N) is 1. The Balaban J connectivity index is 1.39. The van der Waals surface area contributed by atoms with Crippen LogP contribution in [0, 0.1) is 0 Å². The topological polar surface area (TPSA) is 51.4 Å². The Morgan fingerprint density at radius 2 is 2.11 bits per heavy atom. The first-order valence-electron chi connectivity index (χ1n) is 6.45. The molecule has 0 amide bonds. The van der Waals surface area contributed by atoms with E-state index < -0.39 is 0 Å². The molecule has 0 saturated heterocycles. The first-order valence-corrected chi connectivity index (χ1v) is 7.27. The average Bonchev–Trinajstić information content (AvgIpc) is 2.93. The van der Waals surface area contributed by atoms with Crippen molar-refractivity contribution in [2.75, 3.05) is 18.9 Å². The molecule has 2 heterocycles. The minimum Gasteiger partial charge on any atom is -0.494 e. The number of nitrogens with zero attached hydrogens (tertiary/aromatic N) is 2. The van der Waals surface area contributed by atoms with Gasteiger partial charge < -0.3 is 10.5 Å². The minimum absolute atomic E-state index is 0.692. The zero-order valence-corrected chi connectivity index (χ0v) is 11.5. The molecule has 0 fully saturated rings. The van der Waals surface area contributed by atoms with Gasteiger partial charge in [0.25, 0.3) is 0 Å². The Bertz CT molecular complexity index is 517. The number of hydrogen-bond donors (Lipinski definition) is 1. The summed E-state index contributed by atoms with van der Waals surface area (Å²) >= 11 is 1.61. The van der Waals surface area contributed by atoms with Crippen molar-refractivity contribution >= 4 is 16.5 Å². The summed E-state index contributed by atoms with van der Waals surface area (Å²) in [6.07, 6.45) is 1.03. The third kappa shape index (κ3) is 3.05. The van der Waals surface area contributed by atoms with Gasteiger partial charge in [-0.1, -0.05) is 18.2 Å². The SMILES string of the molecule is Nc1nc2c(s1)CN(CCCOc1ccccc1)C2. The van der Waals surface area contributed by atoms with Gasteiger partial charge in [0.15, 0.2) is 5.13 Å². The lowest BCUT2D eigenvalue weighted by Crippen LogP contribution is -2.19. The van der Waals surface area contributed by atoms with Crippen molar-refractivity contribution in [2.24, 2.45) is 0 Å². The maximum atomic E-state index is 5.69. The largest absolute Gasteiger partial charge is 0.494 e. The molecule has 0 bridgehead atoms. The predicted molar refractivity (Wildman–Crippen MR) is 77.2 cm³/mol. The highest BCUT2D eigenvalue weighted by Gasteiger charge is 2.22. The zero-order valence-electron chi connectivity index (χ0n) is 10.7. The zero-order chi connectivity index (χ0) is 13.1. The number of thiazole rings is 1. The van der Waals surface area contributed by atoms with Gasteiger partial charge in [0, 0.05) is 24.5 Å². The van der Waals surface area contributed by atoms with E-state index in [1.807, 2.05) is 30.3 Å². The number of fused-ring (bicyclic) bond motifs is 1. The second-order valence-electron chi connectivity index (χ2n) is 4.65. The fourth-order valence-corrected chi connectivity index (χ4v) is 3.16. The molecule has 5 heteroatoms. The molecule has 4 nitrogen and oxygen atoms in total. The molecule has 1 aromatic carbocycles. The van der Waals surface area contributed by atoms with E-state index in [1.54, 1.807) is 11.3 Å².